The first-order chi connectivity index (χ1) is 25.9. The average Bonchev–Trinajstić information content (AvgIpc) is 3.16. The van der Waals surface area contributed by atoms with Gasteiger partial charge in [0.25, 0.3) is 0 Å². The number of benzene rings is 1. The van der Waals surface area contributed by atoms with Gasteiger partial charge in [0.05, 0.1) is 19.6 Å². The number of aliphatic hydroxyl groups is 1. The van der Waals surface area contributed by atoms with Crippen molar-refractivity contribution in [3.63, 3.8) is 0 Å². The van der Waals surface area contributed by atoms with Gasteiger partial charge >= 0.3 is 17.9 Å². The Morgan fingerprint density at radius 1 is 0.528 bits per heavy atom. The Labute approximate surface area is 321 Å². The number of hydrogen-bond acceptors (Lipinski definition) is 9. The van der Waals surface area contributed by atoms with Gasteiger partial charge in [-0.05, 0) is 67.7 Å². The van der Waals surface area contributed by atoms with Crippen LogP contribution in [0.3, 0.4) is 0 Å². The number of ether oxygens (including phenoxy) is 5. The fourth-order valence-electron chi connectivity index (χ4n) is 5.81. The summed E-state index contributed by atoms with van der Waals surface area (Å²) >= 11 is 0. The molecule has 0 atom stereocenters. The van der Waals surface area contributed by atoms with Gasteiger partial charge in [-0.15, -0.1) is 0 Å². The lowest BCUT2D eigenvalue weighted by Crippen LogP contribution is -2.21. The predicted octanol–water partition coefficient (Wildman–Crippen LogP) is 10.8. The Morgan fingerprint density at radius 3 is 1.53 bits per heavy atom. The zero-order valence-electron chi connectivity index (χ0n) is 33.7. The van der Waals surface area contributed by atoms with Crippen LogP contribution in [0.5, 0.6) is 0 Å². The number of esters is 3. The molecule has 1 N–H and O–H groups in total. The molecular weight excluding hydrogens is 672 g/mol. The SMILES string of the molecule is CCCCC/C=C\CCOC(=O)CCCCC(=O)OCc1cc(CO)cc(COC(=O)CCC(OCCCCCCCC)OCCCCCCCC)c1. The highest BCUT2D eigenvalue weighted by Crippen LogP contribution is 2.16. The van der Waals surface area contributed by atoms with Crippen LogP contribution >= 0.6 is 0 Å². The minimum Gasteiger partial charge on any atom is -0.465 e. The maximum Gasteiger partial charge on any atom is 0.306 e. The van der Waals surface area contributed by atoms with Crippen molar-refractivity contribution in [1.29, 1.82) is 0 Å². The second-order valence-electron chi connectivity index (χ2n) is 14.1. The molecule has 0 aromatic heterocycles. The Bertz CT molecular complexity index is 1070. The molecule has 0 saturated heterocycles. The molecule has 0 radical (unpaired) electrons. The number of rotatable bonds is 36. The van der Waals surface area contributed by atoms with Crippen LogP contribution < -0.4 is 0 Å². The highest BCUT2D eigenvalue weighted by atomic mass is 16.7. The van der Waals surface area contributed by atoms with Crippen LogP contribution in [0.25, 0.3) is 0 Å². The van der Waals surface area contributed by atoms with Gasteiger partial charge in [0.15, 0.2) is 6.29 Å². The van der Waals surface area contributed by atoms with Gasteiger partial charge in [-0.3, -0.25) is 14.4 Å². The zero-order valence-corrected chi connectivity index (χ0v) is 33.7. The van der Waals surface area contributed by atoms with Crippen molar-refractivity contribution in [2.24, 2.45) is 0 Å². The Hall–Kier alpha value is -2.75. The first-order valence-corrected chi connectivity index (χ1v) is 21.0. The number of aliphatic hydroxyl groups excluding tert-OH is 1. The van der Waals surface area contributed by atoms with Gasteiger partial charge in [-0.25, -0.2) is 0 Å². The summed E-state index contributed by atoms with van der Waals surface area (Å²) in [6, 6.07) is 5.35. The molecule has 0 aliphatic carbocycles. The van der Waals surface area contributed by atoms with Gasteiger partial charge in [-0.1, -0.05) is 122 Å². The largest absolute Gasteiger partial charge is 0.465 e. The van der Waals surface area contributed by atoms with Gasteiger partial charge < -0.3 is 28.8 Å². The van der Waals surface area contributed by atoms with E-state index in [1.165, 1.54) is 70.6 Å². The lowest BCUT2D eigenvalue weighted by Gasteiger charge is -2.19. The van der Waals surface area contributed by atoms with E-state index in [1.807, 2.05) is 6.07 Å². The second-order valence-corrected chi connectivity index (χ2v) is 14.1. The summed E-state index contributed by atoms with van der Waals surface area (Å²) in [5.41, 5.74) is 2.04. The van der Waals surface area contributed by atoms with E-state index in [-0.39, 0.29) is 57.0 Å². The molecule has 304 valence electrons. The van der Waals surface area contributed by atoms with Gasteiger partial charge in [-0.2, -0.15) is 0 Å². The molecule has 9 nitrogen and oxygen atoms in total. The summed E-state index contributed by atoms with van der Waals surface area (Å²) < 4.78 is 28.4. The Balaban J connectivity index is 2.42. The highest BCUT2D eigenvalue weighted by molar-refractivity contribution is 5.70. The van der Waals surface area contributed by atoms with E-state index in [0.717, 1.165) is 38.5 Å². The van der Waals surface area contributed by atoms with Crippen molar-refractivity contribution in [2.45, 2.75) is 195 Å². The third-order valence-electron chi connectivity index (χ3n) is 8.98. The normalized spacial score (nSPS) is 11.4. The Kier molecular flexibility index (Phi) is 31.9. The van der Waals surface area contributed by atoms with Crippen LogP contribution in [-0.4, -0.2) is 49.1 Å². The number of unbranched alkanes of at least 4 members (excludes halogenated alkanes) is 14. The summed E-state index contributed by atoms with van der Waals surface area (Å²) in [6.45, 7) is 8.12. The summed E-state index contributed by atoms with van der Waals surface area (Å²) in [5, 5.41) is 9.80. The molecule has 0 aliphatic heterocycles. The fraction of sp³-hybridized carbons (Fsp3) is 0.750. The minimum absolute atomic E-state index is 0.0369. The van der Waals surface area contributed by atoms with Crippen LogP contribution in [0.4, 0.5) is 0 Å². The van der Waals surface area contributed by atoms with E-state index in [4.69, 9.17) is 23.7 Å². The molecule has 0 spiro atoms. The second kappa shape index (κ2) is 35.0. The summed E-state index contributed by atoms with van der Waals surface area (Å²) in [4.78, 5) is 37.1. The third-order valence-corrected chi connectivity index (χ3v) is 8.98. The lowest BCUT2D eigenvalue weighted by atomic mass is 10.1. The molecule has 53 heavy (non-hydrogen) atoms. The molecule has 1 aromatic carbocycles. The monoisotopic (exact) mass is 747 g/mol. The summed E-state index contributed by atoms with van der Waals surface area (Å²) in [5.74, 6) is -0.955. The number of carbonyl (C=O) groups is 3. The van der Waals surface area contributed by atoms with Crippen LogP contribution in [0.2, 0.25) is 0 Å². The van der Waals surface area contributed by atoms with Crippen LogP contribution in [0, 0.1) is 0 Å². The maximum absolute atomic E-state index is 12.7. The standard InChI is InChI=1S/C44H74O9/c1-4-7-10-13-16-19-22-29-49-41(46)25-20-21-26-42(47)52-36-39-32-38(35-45)33-40(34-39)37-53-43(48)27-28-44(50-30-23-17-14-11-8-5-2)51-31-24-18-15-12-9-6-3/h16,19,32-34,44-45H,4-15,17-18,20-31,35-37H2,1-3H3/b19-16-. The molecule has 0 bridgehead atoms. The van der Waals surface area contributed by atoms with E-state index >= 15 is 0 Å². The van der Waals surface area contributed by atoms with Crippen molar-refractivity contribution in [3.05, 3.63) is 47.0 Å². The molecular formula is C44H74O9. The van der Waals surface area contributed by atoms with E-state index < -0.39 is 6.29 Å². The van der Waals surface area contributed by atoms with E-state index in [1.54, 1.807) is 12.1 Å². The van der Waals surface area contributed by atoms with E-state index in [9.17, 15) is 19.5 Å². The molecule has 1 aromatic rings. The first kappa shape index (κ1) is 48.3. The fourth-order valence-corrected chi connectivity index (χ4v) is 5.81. The van der Waals surface area contributed by atoms with Crippen molar-refractivity contribution in [1.82, 2.24) is 0 Å². The molecule has 1 rings (SSSR count). The first-order valence-electron chi connectivity index (χ1n) is 21.0. The molecule has 0 saturated carbocycles. The summed E-state index contributed by atoms with van der Waals surface area (Å²) in [7, 11) is 0. The van der Waals surface area contributed by atoms with Crippen molar-refractivity contribution < 1.29 is 43.2 Å². The molecule has 9 heteroatoms. The number of allylic oxidation sites excluding steroid dienone is 1. The number of carbonyl (C=O) groups excluding carboxylic acids is 3. The van der Waals surface area contributed by atoms with Crippen molar-refractivity contribution in [2.75, 3.05) is 19.8 Å². The Morgan fingerprint density at radius 2 is 0.981 bits per heavy atom. The van der Waals surface area contributed by atoms with E-state index in [0.29, 0.717) is 55.8 Å². The summed E-state index contributed by atoms with van der Waals surface area (Å²) in [6.07, 6.45) is 25.5. The zero-order chi connectivity index (χ0) is 38.6. The van der Waals surface area contributed by atoms with Crippen LogP contribution in [0.15, 0.2) is 30.4 Å². The molecule has 0 unspecified atom stereocenters. The molecule has 0 fully saturated rings. The maximum atomic E-state index is 12.7. The minimum atomic E-state index is -0.431. The van der Waals surface area contributed by atoms with Gasteiger partial charge in [0.1, 0.15) is 13.2 Å². The van der Waals surface area contributed by atoms with Crippen LogP contribution in [0.1, 0.15) is 185 Å². The molecule has 0 aliphatic rings. The van der Waals surface area contributed by atoms with Gasteiger partial charge in [0.2, 0.25) is 0 Å². The predicted molar refractivity (Wildman–Crippen MR) is 211 cm³/mol. The highest BCUT2D eigenvalue weighted by Gasteiger charge is 2.15. The molecule has 0 amide bonds. The van der Waals surface area contributed by atoms with Crippen molar-refractivity contribution >= 4 is 17.9 Å². The van der Waals surface area contributed by atoms with E-state index in [2.05, 4.69) is 32.9 Å². The van der Waals surface area contributed by atoms with Crippen LogP contribution in [-0.2, 0) is 57.9 Å². The van der Waals surface area contributed by atoms with Gasteiger partial charge in [0, 0.05) is 32.5 Å². The smallest absolute Gasteiger partial charge is 0.306 e. The quantitative estimate of drug-likeness (QED) is 0.0235. The number of hydrogen-bond donors (Lipinski definition) is 1. The average molecular weight is 747 g/mol. The molecule has 0 heterocycles. The topological polar surface area (TPSA) is 118 Å². The third kappa shape index (κ3) is 29.3. The van der Waals surface area contributed by atoms with Crippen molar-refractivity contribution in [3.8, 4) is 0 Å². The lowest BCUT2D eigenvalue weighted by molar-refractivity contribution is -0.160.